The molecule has 0 unspecified atom stereocenters. The molecule has 0 saturated heterocycles. The van der Waals surface area contributed by atoms with Crippen LogP contribution in [0, 0.1) is 0 Å². The Hall–Kier alpha value is -1.69. The second-order valence-electron chi connectivity index (χ2n) is 2.80. The van der Waals surface area contributed by atoms with E-state index < -0.39 is 27.3 Å². The summed E-state index contributed by atoms with van der Waals surface area (Å²) >= 11 is 0. The van der Waals surface area contributed by atoms with Crippen molar-refractivity contribution in [1.82, 2.24) is 0 Å². The lowest BCUT2D eigenvalue weighted by atomic mass is 10.4. The smallest absolute Gasteiger partial charge is 0.373 e. The minimum Gasteiger partial charge on any atom is -0.475 e. The highest BCUT2D eigenvalue weighted by Gasteiger charge is 2.23. The quantitative estimate of drug-likeness (QED) is 0.739. The number of hydrogen-bond donors (Lipinski definition) is 1. The molecule has 0 bridgehead atoms. The molecule has 15 heavy (non-hydrogen) atoms. The largest absolute Gasteiger partial charge is 0.475 e. The van der Waals surface area contributed by atoms with E-state index in [1.807, 2.05) is 0 Å². The molecule has 6 heteroatoms. The standard InChI is InChI=1S/C9H8O5S/c10-8(9(11)12)6-15(13,14)7-4-2-1-3-5-7/h1-5H,6H2,(H,11,12). The summed E-state index contributed by atoms with van der Waals surface area (Å²) in [6.07, 6.45) is 0. The zero-order chi connectivity index (χ0) is 11.5. The number of carbonyl (C=O) groups excluding carboxylic acids is 1. The molecule has 1 aromatic carbocycles. The van der Waals surface area contributed by atoms with Crippen molar-refractivity contribution in [2.24, 2.45) is 0 Å². The van der Waals surface area contributed by atoms with Crippen LogP contribution in [0.25, 0.3) is 0 Å². The zero-order valence-corrected chi connectivity index (χ0v) is 8.40. The van der Waals surface area contributed by atoms with Gasteiger partial charge in [0.25, 0.3) is 5.78 Å². The SMILES string of the molecule is O=C(O)C(=O)CS(=O)(=O)c1ccccc1. The van der Waals surface area contributed by atoms with E-state index in [1.54, 1.807) is 6.07 Å². The van der Waals surface area contributed by atoms with E-state index >= 15 is 0 Å². The molecule has 0 fully saturated rings. The Bertz CT molecular complexity index is 474. The molecule has 0 aliphatic carbocycles. The maximum Gasteiger partial charge on any atom is 0.373 e. The highest BCUT2D eigenvalue weighted by Crippen LogP contribution is 2.09. The number of aliphatic carboxylic acids is 1. The number of hydrogen-bond acceptors (Lipinski definition) is 4. The third-order valence-electron chi connectivity index (χ3n) is 1.66. The Kier molecular flexibility index (Phi) is 3.21. The molecule has 80 valence electrons. The molecule has 0 aromatic heterocycles. The minimum atomic E-state index is -3.83. The third-order valence-corrected chi connectivity index (χ3v) is 3.29. The van der Waals surface area contributed by atoms with Crippen molar-refractivity contribution in [1.29, 1.82) is 0 Å². The van der Waals surface area contributed by atoms with Crippen molar-refractivity contribution in [3.05, 3.63) is 30.3 Å². The van der Waals surface area contributed by atoms with Crippen LogP contribution in [0.1, 0.15) is 0 Å². The molecule has 0 radical (unpaired) electrons. The van der Waals surface area contributed by atoms with E-state index in [2.05, 4.69) is 0 Å². The average molecular weight is 228 g/mol. The second-order valence-corrected chi connectivity index (χ2v) is 4.79. The lowest BCUT2D eigenvalue weighted by Crippen LogP contribution is -2.23. The minimum absolute atomic E-state index is 0.0559. The van der Waals surface area contributed by atoms with Gasteiger partial charge in [-0.15, -0.1) is 0 Å². The van der Waals surface area contributed by atoms with E-state index in [-0.39, 0.29) is 4.90 Å². The molecule has 1 rings (SSSR count). The van der Waals surface area contributed by atoms with Crippen LogP contribution in [0.2, 0.25) is 0 Å². The first-order chi connectivity index (χ1) is 6.93. The first kappa shape index (κ1) is 11.4. The Labute approximate surface area is 86.3 Å². The van der Waals surface area contributed by atoms with Crippen LogP contribution in [-0.2, 0) is 19.4 Å². The summed E-state index contributed by atoms with van der Waals surface area (Å²) in [6, 6.07) is 7.24. The fourth-order valence-corrected chi connectivity index (χ4v) is 2.15. The summed E-state index contributed by atoms with van der Waals surface area (Å²) in [5.41, 5.74) is 0. The molecular formula is C9H8O5S. The van der Waals surface area contributed by atoms with Crippen LogP contribution < -0.4 is 0 Å². The second kappa shape index (κ2) is 4.22. The van der Waals surface area contributed by atoms with Crippen molar-refractivity contribution >= 4 is 21.6 Å². The van der Waals surface area contributed by atoms with E-state index in [9.17, 15) is 18.0 Å². The molecule has 0 aliphatic heterocycles. The maximum absolute atomic E-state index is 11.5. The van der Waals surface area contributed by atoms with Gasteiger partial charge in [0.2, 0.25) is 0 Å². The van der Waals surface area contributed by atoms with Gasteiger partial charge in [0.05, 0.1) is 4.90 Å². The van der Waals surface area contributed by atoms with Crippen LogP contribution in [0.5, 0.6) is 0 Å². The van der Waals surface area contributed by atoms with Crippen molar-refractivity contribution < 1.29 is 23.1 Å². The number of Topliss-reactive ketones (excluding diaryl/α,β-unsaturated/α-hetero) is 1. The summed E-state index contributed by atoms with van der Waals surface area (Å²) in [4.78, 5) is 20.9. The predicted octanol–water partition coefficient (Wildman–Crippen LogP) is 0.114. The first-order valence-corrected chi connectivity index (χ1v) is 5.62. The Morgan fingerprint density at radius 2 is 1.67 bits per heavy atom. The van der Waals surface area contributed by atoms with Crippen LogP contribution in [-0.4, -0.2) is 31.0 Å². The lowest BCUT2D eigenvalue weighted by molar-refractivity contribution is -0.147. The van der Waals surface area contributed by atoms with Gasteiger partial charge in [-0.3, -0.25) is 4.79 Å². The van der Waals surface area contributed by atoms with Crippen LogP contribution in [0.15, 0.2) is 35.2 Å². The Morgan fingerprint density at radius 1 is 1.13 bits per heavy atom. The number of ketones is 1. The topological polar surface area (TPSA) is 88.5 Å². The highest BCUT2D eigenvalue weighted by atomic mass is 32.2. The van der Waals surface area contributed by atoms with Crippen LogP contribution in [0.3, 0.4) is 0 Å². The highest BCUT2D eigenvalue weighted by molar-refractivity contribution is 7.92. The number of benzene rings is 1. The molecule has 0 spiro atoms. The molecule has 0 atom stereocenters. The number of sulfone groups is 1. The lowest BCUT2D eigenvalue weighted by Gasteiger charge is -2.00. The van der Waals surface area contributed by atoms with Gasteiger partial charge in [0, 0.05) is 0 Å². The van der Waals surface area contributed by atoms with Crippen molar-refractivity contribution in [3.8, 4) is 0 Å². The maximum atomic E-state index is 11.5. The summed E-state index contributed by atoms with van der Waals surface area (Å²) in [7, 11) is -3.83. The van der Waals surface area contributed by atoms with E-state index in [0.29, 0.717) is 0 Å². The Balaban J connectivity index is 2.96. The normalized spacial score (nSPS) is 10.9. The molecule has 0 aliphatic rings. The number of carbonyl (C=O) groups is 2. The summed E-state index contributed by atoms with van der Waals surface area (Å²) in [6.45, 7) is 0. The molecule has 1 aromatic rings. The Morgan fingerprint density at radius 3 is 2.13 bits per heavy atom. The molecule has 0 saturated carbocycles. The van der Waals surface area contributed by atoms with E-state index in [1.165, 1.54) is 24.3 Å². The van der Waals surface area contributed by atoms with Gasteiger partial charge < -0.3 is 5.11 Å². The van der Waals surface area contributed by atoms with Crippen molar-refractivity contribution in [2.75, 3.05) is 5.75 Å². The number of rotatable bonds is 4. The number of carboxylic acids is 1. The van der Waals surface area contributed by atoms with Gasteiger partial charge in [-0.1, -0.05) is 18.2 Å². The predicted molar refractivity (Wildman–Crippen MR) is 51.1 cm³/mol. The summed E-state index contributed by atoms with van der Waals surface area (Å²) in [5.74, 6) is -4.08. The first-order valence-electron chi connectivity index (χ1n) is 3.97. The van der Waals surface area contributed by atoms with Gasteiger partial charge in [-0.05, 0) is 12.1 Å². The fourth-order valence-electron chi connectivity index (χ4n) is 0.945. The van der Waals surface area contributed by atoms with Crippen molar-refractivity contribution in [3.63, 3.8) is 0 Å². The van der Waals surface area contributed by atoms with E-state index in [0.717, 1.165) is 0 Å². The average Bonchev–Trinajstić information content (AvgIpc) is 2.18. The monoisotopic (exact) mass is 228 g/mol. The third kappa shape index (κ3) is 2.88. The van der Waals surface area contributed by atoms with Gasteiger partial charge in [-0.25, -0.2) is 13.2 Å². The van der Waals surface area contributed by atoms with Gasteiger partial charge in [-0.2, -0.15) is 0 Å². The zero-order valence-electron chi connectivity index (χ0n) is 7.58. The van der Waals surface area contributed by atoms with E-state index in [4.69, 9.17) is 5.11 Å². The van der Waals surface area contributed by atoms with Crippen LogP contribution >= 0.6 is 0 Å². The molecule has 0 amide bonds. The van der Waals surface area contributed by atoms with Gasteiger partial charge >= 0.3 is 5.97 Å². The summed E-state index contributed by atoms with van der Waals surface area (Å²) < 4.78 is 22.9. The van der Waals surface area contributed by atoms with Crippen molar-refractivity contribution in [2.45, 2.75) is 4.90 Å². The molecular weight excluding hydrogens is 220 g/mol. The number of carboxylic acid groups (broad SMARTS) is 1. The van der Waals surface area contributed by atoms with Crippen LogP contribution in [0.4, 0.5) is 0 Å². The fraction of sp³-hybridized carbons (Fsp3) is 0.111. The van der Waals surface area contributed by atoms with Gasteiger partial charge in [0.1, 0.15) is 5.75 Å². The van der Waals surface area contributed by atoms with Gasteiger partial charge in [0.15, 0.2) is 9.84 Å². The summed E-state index contributed by atoms with van der Waals surface area (Å²) in [5, 5.41) is 8.28. The molecule has 5 nitrogen and oxygen atoms in total. The molecule has 1 N–H and O–H groups in total. The molecule has 0 heterocycles.